The van der Waals surface area contributed by atoms with Crippen molar-refractivity contribution in [1.29, 1.82) is 0 Å². The first-order valence-electron chi connectivity index (χ1n) is 18.5. The molecule has 0 saturated carbocycles. The zero-order valence-corrected chi connectivity index (χ0v) is 29.4. The summed E-state index contributed by atoms with van der Waals surface area (Å²) in [5, 5.41) is 12.3. The van der Waals surface area contributed by atoms with Gasteiger partial charge >= 0.3 is 0 Å². The molecule has 0 aliphatic heterocycles. The van der Waals surface area contributed by atoms with Crippen LogP contribution in [0.15, 0.2) is 205 Å². The van der Waals surface area contributed by atoms with Gasteiger partial charge in [0.2, 0.25) is 0 Å². The molecule has 2 heteroatoms. The number of furan rings is 1. The van der Waals surface area contributed by atoms with Gasteiger partial charge in [-0.15, -0.1) is 0 Å². The van der Waals surface area contributed by atoms with Crippen LogP contribution in [0.2, 0.25) is 0 Å². The van der Waals surface area contributed by atoms with Crippen LogP contribution in [0.5, 0.6) is 0 Å². The predicted octanol–water partition coefficient (Wildman–Crippen LogP) is 15.0. The average molecular weight is 688 g/mol. The third kappa shape index (κ3) is 4.81. The summed E-state index contributed by atoms with van der Waals surface area (Å²) < 4.78 is 6.56. The lowest BCUT2D eigenvalue weighted by molar-refractivity contribution is 0.669. The smallest absolute Gasteiger partial charge is 0.137 e. The molecule has 0 bridgehead atoms. The van der Waals surface area contributed by atoms with E-state index in [4.69, 9.17) is 4.42 Å². The Labute approximate surface area is 312 Å². The maximum absolute atomic E-state index is 6.56. The summed E-state index contributed by atoms with van der Waals surface area (Å²) in [6, 6.07) is 72.2. The first-order chi connectivity index (χ1) is 26.8. The van der Waals surface area contributed by atoms with Gasteiger partial charge in [0.1, 0.15) is 11.2 Å². The van der Waals surface area contributed by atoms with Crippen LogP contribution in [0.3, 0.4) is 0 Å². The lowest BCUT2D eigenvalue weighted by Gasteiger charge is -2.27. The van der Waals surface area contributed by atoms with Gasteiger partial charge in [0.05, 0.1) is 11.1 Å². The molecule has 0 unspecified atom stereocenters. The molecule has 1 aromatic heterocycles. The minimum atomic E-state index is 0.871. The summed E-state index contributed by atoms with van der Waals surface area (Å²) in [5.74, 6) is 0. The van der Waals surface area contributed by atoms with Gasteiger partial charge in [-0.1, -0.05) is 158 Å². The molecule has 0 aliphatic rings. The van der Waals surface area contributed by atoms with E-state index in [1.807, 2.05) is 0 Å². The Morgan fingerprint density at radius 1 is 0.315 bits per heavy atom. The van der Waals surface area contributed by atoms with E-state index < -0.39 is 0 Å². The summed E-state index contributed by atoms with van der Waals surface area (Å²) in [6.07, 6.45) is 0. The van der Waals surface area contributed by atoms with Crippen LogP contribution in [-0.4, -0.2) is 0 Å². The van der Waals surface area contributed by atoms with Crippen LogP contribution >= 0.6 is 0 Å². The fourth-order valence-corrected chi connectivity index (χ4v) is 8.54. The molecular weight excluding hydrogens is 655 g/mol. The second kappa shape index (κ2) is 12.2. The second-order valence-electron chi connectivity index (χ2n) is 14.1. The van der Waals surface area contributed by atoms with Crippen molar-refractivity contribution in [1.82, 2.24) is 0 Å². The fourth-order valence-electron chi connectivity index (χ4n) is 8.54. The highest BCUT2D eigenvalue weighted by Gasteiger charge is 2.21. The number of anilines is 3. The molecule has 1 heterocycles. The highest BCUT2D eigenvalue weighted by molar-refractivity contribution is 6.24. The van der Waals surface area contributed by atoms with E-state index >= 15 is 0 Å². The molecule has 252 valence electrons. The van der Waals surface area contributed by atoms with Crippen LogP contribution in [0.25, 0.3) is 87.3 Å². The normalized spacial score (nSPS) is 11.7. The SMILES string of the molecule is c1ccc(-c2cccc(N(c3ccc(-c4cccc5c4ccc4ccc6ccccc6c45)cc3)c3cccc4oc5ccc6ccccc6c5c34)c2)cc1. The van der Waals surface area contributed by atoms with E-state index in [2.05, 4.69) is 205 Å². The fraction of sp³-hybridized carbons (Fsp3) is 0. The molecule has 0 atom stereocenters. The van der Waals surface area contributed by atoms with Crippen molar-refractivity contribution < 1.29 is 4.42 Å². The zero-order valence-electron chi connectivity index (χ0n) is 29.4. The molecule has 54 heavy (non-hydrogen) atoms. The van der Waals surface area contributed by atoms with E-state index in [9.17, 15) is 0 Å². The highest BCUT2D eigenvalue weighted by Crippen LogP contribution is 2.46. The predicted molar refractivity (Wildman–Crippen MR) is 229 cm³/mol. The van der Waals surface area contributed by atoms with Crippen molar-refractivity contribution in [2.75, 3.05) is 4.90 Å². The van der Waals surface area contributed by atoms with Gasteiger partial charge in [0.25, 0.3) is 0 Å². The zero-order chi connectivity index (χ0) is 35.6. The Hall–Kier alpha value is -7.16. The van der Waals surface area contributed by atoms with Crippen molar-refractivity contribution in [2.24, 2.45) is 0 Å². The molecule has 0 aliphatic carbocycles. The van der Waals surface area contributed by atoms with E-state index in [1.54, 1.807) is 0 Å². The lowest BCUT2D eigenvalue weighted by atomic mass is 9.92. The molecule has 0 N–H and O–H groups in total. The maximum Gasteiger partial charge on any atom is 0.137 e. The molecule has 0 saturated heterocycles. The highest BCUT2D eigenvalue weighted by atomic mass is 16.3. The maximum atomic E-state index is 6.56. The van der Waals surface area contributed by atoms with Crippen LogP contribution in [-0.2, 0) is 0 Å². The molecule has 0 radical (unpaired) electrons. The first-order valence-corrected chi connectivity index (χ1v) is 18.5. The largest absolute Gasteiger partial charge is 0.456 e. The van der Waals surface area contributed by atoms with E-state index in [1.165, 1.54) is 65.3 Å². The Kier molecular flexibility index (Phi) is 6.90. The van der Waals surface area contributed by atoms with E-state index in [0.717, 1.165) is 39.0 Å². The van der Waals surface area contributed by atoms with Gasteiger partial charge in [-0.2, -0.15) is 0 Å². The van der Waals surface area contributed by atoms with Crippen molar-refractivity contribution in [2.45, 2.75) is 0 Å². The van der Waals surface area contributed by atoms with Gasteiger partial charge < -0.3 is 9.32 Å². The van der Waals surface area contributed by atoms with Gasteiger partial charge in [0, 0.05) is 16.8 Å². The Morgan fingerprint density at radius 3 is 1.78 bits per heavy atom. The molecule has 2 nitrogen and oxygen atoms in total. The summed E-state index contributed by atoms with van der Waals surface area (Å²) >= 11 is 0. The number of rotatable bonds is 5. The molecule has 0 fully saturated rings. The van der Waals surface area contributed by atoms with Crippen molar-refractivity contribution in [3.63, 3.8) is 0 Å². The van der Waals surface area contributed by atoms with Crippen LogP contribution < -0.4 is 4.90 Å². The van der Waals surface area contributed by atoms with Crippen LogP contribution in [0.1, 0.15) is 0 Å². The number of benzene rings is 10. The standard InChI is InChI=1S/C52H33NO/c1-2-11-34(12-3-1)39-15-8-16-41(33-39)53(47-21-10-22-48-52(47)51-44-18-7-5-14-36(44)28-32-49(51)54-48)40-29-25-37(26-30-40)42-19-9-20-46-45(42)31-27-38-24-23-35-13-4-6-17-43(35)50(38)46/h1-33H. The number of hydrogen-bond donors (Lipinski definition) is 0. The van der Waals surface area contributed by atoms with Crippen molar-refractivity contribution >= 4 is 82.1 Å². The quantitative estimate of drug-likeness (QED) is 0.168. The monoisotopic (exact) mass is 687 g/mol. The van der Waals surface area contributed by atoms with Crippen molar-refractivity contribution in [3.8, 4) is 22.3 Å². The van der Waals surface area contributed by atoms with E-state index in [0.29, 0.717) is 0 Å². The molecule has 0 amide bonds. The summed E-state index contributed by atoms with van der Waals surface area (Å²) in [6.45, 7) is 0. The molecule has 11 aromatic rings. The summed E-state index contributed by atoms with van der Waals surface area (Å²) in [4.78, 5) is 2.39. The molecular formula is C52H33NO. The molecule has 11 rings (SSSR count). The molecule has 0 spiro atoms. The lowest BCUT2D eigenvalue weighted by Crippen LogP contribution is -2.10. The Morgan fingerprint density at radius 2 is 0.944 bits per heavy atom. The summed E-state index contributed by atoms with van der Waals surface area (Å²) in [5.41, 5.74) is 9.74. The first kappa shape index (κ1) is 30.5. The van der Waals surface area contributed by atoms with E-state index in [-0.39, 0.29) is 0 Å². The average Bonchev–Trinajstić information content (AvgIpc) is 3.64. The number of nitrogens with zero attached hydrogens (tertiary/aromatic N) is 1. The molecule has 10 aromatic carbocycles. The Balaban J connectivity index is 1.12. The third-order valence-electron chi connectivity index (χ3n) is 11.0. The second-order valence-corrected chi connectivity index (χ2v) is 14.1. The Bertz CT molecular complexity index is 3210. The summed E-state index contributed by atoms with van der Waals surface area (Å²) in [7, 11) is 0. The minimum Gasteiger partial charge on any atom is -0.456 e. The minimum absolute atomic E-state index is 0.871. The van der Waals surface area contributed by atoms with Gasteiger partial charge in [-0.3, -0.25) is 0 Å². The van der Waals surface area contributed by atoms with Gasteiger partial charge in [-0.05, 0) is 108 Å². The van der Waals surface area contributed by atoms with Crippen LogP contribution in [0.4, 0.5) is 17.1 Å². The number of hydrogen-bond acceptors (Lipinski definition) is 2. The van der Waals surface area contributed by atoms with Gasteiger partial charge in [-0.25, -0.2) is 0 Å². The van der Waals surface area contributed by atoms with Crippen LogP contribution in [0, 0.1) is 0 Å². The number of fused-ring (bicyclic) bond motifs is 10. The van der Waals surface area contributed by atoms with Crippen molar-refractivity contribution in [3.05, 3.63) is 200 Å². The topological polar surface area (TPSA) is 16.4 Å². The van der Waals surface area contributed by atoms with Gasteiger partial charge in [0.15, 0.2) is 0 Å². The third-order valence-corrected chi connectivity index (χ3v) is 11.0.